The van der Waals surface area contributed by atoms with Gasteiger partial charge in [0.15, 0.2) is 0 Å². The third kappa shape index (κ3) is 10.7. The summed E-state index contributed by atoms with van der Waals surface area (Å²) in [5.41, 5.74) is 0. The maximum absolute atomic E-state index is 13.1. The molecule has 3 rings (SSSR count). The van der Waals surface area contributed by atoms with Gasteiger partial charge in [0.05, 0.1) is 7.11 Å². The van der Waals surface area contributed by atoms with Crippen LogP contribution in [0, 0.1) is 4.91 Å². The molecule has 50 heavy (non-hydrogen) atoms. The zero-order valence-corrected chi connectivity index (χ0v) is 31.2. The van der Waals surface area contributed by atoms with Crippen LogP contribution >= 0.6 is 32.7 Å². The number of esters is 2. The Kier molecular flexibility index (Phi) is 16.0. The first-order valence-corrected chi connectivity index (χ1v) is 21.3. The second-order valence-electron chi connectivity index (χ2n) is 11.3. The summed E-state index contributed by atoms with van der Waals surface area (Å²) in [5, 5.41) is 7.84. The van der Waals surface area contributed by atoms with E-state index in [0.29, 0.717) is 24.8 Å². The number of unbranched alkanes of at least 4 members (excludes halogenated alkanes) is 1. The number of hydrogen-bond acceptors (Lipinski definition) is 10. The van der Waals surface area contributed by atoms with Crippen LogP contribution in [0.2, 0.25) is 0 Å². The summed E-state index contributed by atoms with van der Waals surface area (Å²) in [4.78, 5) is 72.9. The van der Waals surface area contributed by atoms with E-state index < -0.39 is 47.7 Å². The molecule has 0 radical (unpaired) electrons. The Balaban J connectivity index is 1.66. The van der Waals surface area contributed by atoms with E-state index in [0.717, 1.165) is 13.3 Å². The molecule has 3 N–H and O–H groups in total. The summed E-state index contributed by atoms with van der Waals surface area (Å²) in [5.74, 6) is -3.31. The first kappa shape index (κ1) is 40.3. The summed E-state index contributed by atoms with van der Waals surface area (Å²) in [6.45, 7) is -0.429. The van der Waals surface area contributed by atoms with Gasteiger partial charge >= 0.3 is 239 Å². The number of carbonyl (C=O) groups is 5. The average molecular weight is 790 g/mol. The van der Waals surface area contributed by atoms with Gasteiger partial charge in [-0.25, -0.2) is 0 Å². The minimum atomic E-state index is -3.15. The molecule has 268 valence electrons. The van der Waals surface area contributed by atoms with E-state index in [4.69, 9.17) is 4.74 Å². The second kappa shape index (κ2) is 19.9. The molecule has 0 aliphatic heterocycles. The summed E-state index contributed by atoms with van der Waals surface area (Å²) < 4.78 is 12.0. The van der Waals surface area contributed by atoms with Crippen LogP contribution in [-0.4, -0.2) is 74.4 Å². The third-order valence-corrected chi connectivity index (χ3v) is 18.8. The number of nitroso groups, excluding NO2 is 1. The number of ether oxygens (including phenoxy) is 2. The van der Waals surface area contributed by atoms with E-state index in [2.05, 4.69) is 77.2 Å². The van der Waals surface area contributed by atoms with E-state index in [1.807, 2.05) is 54.6 Å². The fourth-order valence-corrected chi connectivity index (χ4v) is 13.8. The number of rotatable bonds is 20. The number of methoxy groups -OCH3 is 2. The molecular formula is C35H42BrN4O8PS. The zero-order chi connectivity index (χ0) is 36.4. The van der Waals surface area contributed by atoms with Gasteiger partial charge in [-0.1, -0.05) is 0 Å². The second-order valence-corrected chi connectivity index (χ2v) is 21.1. The van der Waals surface area contributed by atoms with Crippen LogP contribution in [0.5, 0.6) is 0 Å². The fourth-order valence-electron chi connectivity index (χ4n) is 5.59. The molecule has 0 aliphatic carbocycles. The minimum absolute atomic E-state index is 0.103. The topological polar surface area (TPSA) is 169 Å². The molecular weight excluding hydrogens is 747 g/mol. The Hall–Kier alpha value is -4.13. The monoisotopic (exact) mass is 788 g/mol. The summed E-state index contributed by atoms with van der Waals surface area (Å²) in [7, 11) is 2.34. The van der Waals surface area contributed by atoms with Gasteiger partial charge < -0.3 is 10.1 Å². The fraction of sp³-hybridized carbons (Fsp3) is 0.343. The normalized spacial score (nSPS) is 13.0. The summed E-state index contributed by atoms with van der Waals surface area (Å²) >= 11 is 4.93. The van der Waals surface area contributed by atoms with Crippen molar-refractivity contribution in [2.24, 2.45) is 4.58 Å². The van der Waals surface area contributed by atoms with E-state index in [9.17, 15) is 28.9 Å². The predicted octanol–water partition coefficient (Wildman–Crippen LogP) is 3.62. The van der Waals surface area contributed by atoms with Crippen molar-refractivity contribution in [3.05, 3.63) is 95.9 Å². The van der Waals surface area contributed by atoms with Crippen molar-refractivity contribution in [1.82, 2.24) is 16.0 Å². The van der Waals surface area contributed by atoms with Crippen LogP contribution in [0.3, 0.4) is 0 Å². The van der Waals surface area contributed by atoms with E-state index >= 15 is 0 Å². The van der Waals surface area contributed by atoms with Crippen molar-refractivity contribution in [1.29, 1.82) is 0 Å². The van der Waals surface area contributed by atoms with Crippen LogP contribution in [0.1, 0.15) is 32.1 Å². The molecule has 0 saturated carbocycles. The molecule has 0 aromatic heterocycles. The van der Waals surface area contributed by atoms with Crippen LogP contribution in [-0.2, 0) is 33.4 Å². The van der Waals surface area contributed by atoms with Crippen LogP contribution in [0.15, 0.2) is 95.6 Å². The van der Waals surface area contributed by atoms with Crippen LogP contribution < -0.4 is 31.9 Å². The molecule has 0 heterocycles. The van der Waals surface area contributed by atoms with Crippen molar-refractivity contribution in [2.45, 2.75) is 44.2 Å². The first-order valence-electron chi connectivity index (χ1n) is 15.9. The molecule has 12 nitrogen and oxygen atoms in total. The predicted molar refractivity (Wildman–Crippen MR) is 201 cm³/mol. The standard InChI is InChI=1S/C35H42BrN4O8PS/c1-47-33(43)24-37-34(44)30(25-50-40-46)39-32(42)22-21-29(35(45)48-2)38-31(41)20-12-13-23-49(36,26-14-6-3-7-15-26,27-16-8-4-9-17-27)28-18-10-5-11-19-28/h3-11,14-19,29-30H,12-13,20-25H2,1-2H3,(H,37,44)(H,38,41)(H,39,42). The number of nitrogens with zero attached hydrogens (tertiary/aromatic N) is 1. The molecule has 3 aromatic rings. The Bertz CT molecular complexity index is 1500. The molecule has 0 aliphatic rings. The number of benzene rings is 3. The first-order chi connectivity index (χ1) is 24.1. The Morgan fingerprint density at radius 2 is 1.24 bits per heavy atom. The number of amides is 3. The summed E-state index contributed by atoms with van der Waals surface area (Å²) in [6.07, 6.45) is 1.74. The average Bonchev–Trinajstić information content (AvgIpc) is 3.16. The zero-order valence-electron chi connectivity index (χ0n) is 27.9. The van der Waals surface area contributed by atoms with Crippen LogP contribution in [0.4, 0.5) is 0 Å². The van der Waals surface area contributed by atoms with Gasteiger partial charge in [0, 0.05) is 22.3 Å². The third-order valence-electron chi connectivity index (χ3n) is 8.18. The van der Waals surface area contributed by atoms with Gasteiger partial charge in [-0.3, -0.25) is 9.59 Å². The van der Waals surface area contributed by atoms with E-state index in [1.54, 1.807) is 0 Å². The number of carbonyl (C=O) groups excluding carboxylic acids is 5. The van der Waals surface area contributed by atoms with Crippen molar-refractivity contribution < 1.29 is 33.4 Å². The van der Waals surface area contributed by atoms with Crippen molar-refractivity contribution in [3.63, 3.8) is 0 Å². The van der Waals surface area contributed by atoms with E-state index in [-0.39, 0.29) is 30.9 Å². The van der Waals surface area contributed by atoms with Crippen molar-refractivity contribution in [2.75, 3.05) is 32.7 Å². The molecule has 3 aromatic carbocycles. The molecule has 2 unspecified atom stereocenters. The quantitative estimate of drug-likeness (QED) is 0.0509. The van der Waals surface area contributed by atoms with Crippen molar-refractivity contribution >= 4 is 78.3 Å². The van der Waals surface area contributed by atoms with Gasteiger partial charge in [0.25, 0.3) is 0 Å². The molecule has 3 amide bonds. The van der Waals surface area contributed by atoms with Crippen molar-refractivity contribution in [3.8, 4) is 0 Å². The number of nitrogens with one attached hydrogen (secondary N) is 3. The Morgan fingerprint density at radius 3 is 1.72 bits per heavy atom. The molecule has 0 spiro atoms. The Morgan fingerprint density at radius 1 is 0.740 bits per heavy atom. The number of halogens is 1. The molecule has 0 fully saturated rings. The number of hydrogen-bond donors (Lipinski definition) is 3. The maximum atomic E-state index is 13.1. The summed E-state index contributed by atoms with van der Waals surface area (Å²) in [6, 6.07) is 28.8. The van der Waals surface area contributed by atoms with Gasteiger partial charge in [-0.15, -0.1) is 4.91 Å². The van der Waals surface area contributed by atoms with Crippen LogP contribution in [0.25, 0.3) is 0 Å². The molecule has 15 heteroatoms. The van der Waals surface area contributed by atoms with Gasteiger partial charge in [0.1, 0.15) is 6.54 Å². The van der Waals surface area contributed by atoms with Gasteiger partial charge in [-0.05, 0) is 0 Å². The molecule has 2 atom stereocenters. The molecule has 0 saturated heterocycles. The van der Waals surface area contributed by atoms with E-state index in [1.165, 1.54) is 23.0 Å². The molecule has 0 bridgehead atoms. The van der Waals surface area contributed by atoms with Gasteiger partial charge in [-0.2, -0.15) is 0 Å². The SMILES string of the molecule is COC(=O)CNC(=O)C(CSN=O)NC(=O)CCC(NC(=O)CCCCP(Br)(c1ccccc1)(c1ccccc1)c1ccccc1)C(=O)OC. The Labute approximate surface area is 304 Å². The van der Waals surface area contributed by atoms with Gasteiger partial charge in [0.2, 0.25) is 5.91 Å².